The number of ether oxygens (including phenoxy) is 1. The maximum absolute atomic E-state index is 13.7. The smallest absolute Gasteiger partial charge is 0.307 e. The quantitative estimate of drug-likeness (QED) is 0.150. The van der Waals surface area contributed by atoms with E-state index in [9.17, 15) is 9.59 Å². The summed E-state index contributed by atoms with van der Waals surface area (Å²) in [6.45, 7) is 6.50. The average Bonchev–Trinajstić information content (AvgIpc) is 3.66. The Hall–Kier alpha value is -4.63. The number of nitrogens with zero attached hydrogens (tertiary/aromatic N) is 2. The van der Waals surface area contributed by atoms with Crippen molar-refractivity contribution >= 4 is 46.0 Å². The van der Waals surface area contributed by atoms with Crippen molar-refractivity contribution in [3.63, 3.8) is 0 Å². The van der Waals surface area contributed by atoms with Crippen molar-refractivity contribution in [3.8, 4) is 10.8 Å². The van der Waals surface area contributed by atoms with Gasteiger partial charge in [-0.15, -0.1) is 11.3 Å². The first kappa shape index (κ1) is 27.5. The number of rotatable bonds is 8. The summed E-state index contributed by atoms with van der Waals surface area (Å²) in [6, 6.07) is 18.7. The summed E-state index contributed by atoms with van der Waals surface area (Å²) in [4.78, 5) is 27.7. The molecule has 2 N–H and O–H groups in total. The fraction of sp³-hybridized carbons (Fsp3) is 0.242. The molecule has 2 aromatic carbocycles. The lowest BCUT2D eigenvalue weighted by atomic mass is 9.95. The normalized spacial score (nSPS) is 12.9. The molecule has 0 saturated carbocycles. The van der Waals surface area contributed by atoms with Gasteiger partial charge < -0.3 is 19.0 Å². The molecule has 8 nitrogen and oxygen atoms in total. The van der Waals surface area contributed by atoms with Gasteiger partial charge in [-0.05, 0) is 94.5 Å². The number of amides is 2. The number of hydrazone groups is 1. The Morgan fingerprint density at radius 2 is 1.86 bits per heavy atom. The molecule has 0 radical (unpaired) electrons. The molecule has 0 fully saturated rings. The second-order valence-corrected chi connectivity index (χ2v) is 11.4. The molecule has 5 aromatic rings. The molecule has 0 bridgehead atoms. The minimum absolute atomic E-state index is 0.0928. The van der Waals surface area contributed by atoms with Gasteiger partial charge in [0.1, 0.15) is 16.3 Å². The number of nitrogens with one attached hydrogen (secondary N) is 2. The van der Waals surface area contributed by atoms with Crippen LogP contribution in [0.1, 0.15) is 68.1 Å². The molecule has 0 unspecified atom stereocenters. The molecule has 214 valence electrons. The van der Waals surface area contributed by atoms with E-state index in [0.29, 0.717) is 12.2 Å². The summed E-state index contributed by atoms with van der Waals surface area (Å²) >= 11 is 1.69. The highest BCUT2D eigenvalue weighted by Gasteiger charge is 2.28. The summed E-state index contributed by atoms with van der Waals surface area (Å²) in [5, 5.41) is 9.02. The number of hydrogen-bond donors (Lipinski definition) is 2. The standard InChI is InChI=1S/C33H32N4O4S/c1-4-40-25-14-15-27-22(17-25)18-28(41-27)31(38)36-34-19-23-16-20(2)37(21(23)3)33-30(26-12-8-9-13-29(26)42-33)32(39)35-24-10-6-5-7-11-24/h5-7,10-11,14-19H,4,8-9,12-13H2,1-3H3,(H,35,39)(H,36,38)/b34-19+. The molecule has 3 aromatic heterocycles. The third-order valence-corrected chi connectivity index (χ3v) is 8.75. The molecule has 0 atom stereocenters. The Labute approximate surface area is 248 Å². The SMILES string of the molecule is CCOc1ccc2oc(C(=O)N/N=C/c3cc(C)n(-c4sc5c(c4C(=O)Nc4ccccc4)CCCC5)c3C)cc2c1. The zero-order chi connectivity index (χ0) is 29.2. The van der Waals surface area contributed by atoms with Gasteiger partial charge >= 0.3 is 5.91 Å². The van der Waals surface area contributed by atoms with Crippen molar-refractivity contribution in [2.24, 2.45) is 5.10 Å². The second kappa shape index (κ2) is 11.7. The first-order valence-electron chi connectivity index (χ1n) is 14.1. The molecular formula is C33H32N4O4S. The maximum atomic E-state index is 13.7. The van der Waals surface area contributed by atoms with Gasteiger partial charge in [-0.25, -0.2) is 5.43 Å². The van der Waals surface area contributed by atoms with Crippen LogP contribution in [0.2, 0.25) is 0 Å². The summed E-state index contributed by atoms with van der Waals surface area (Å²) < 4.78 is 13.4. The second-order valence-electron chi connectivity index (χ2n) is 10.3. The minimum Gasteiger partial charge on any atom is -0.494 e. The van der Waals surface area contributed by atoms with E-state index >= 15 is 0 Å². The highest BCUT2D eigenvalue weighted by molar-refractivity contribution is 7.15. The van der Waals surface area contributed by atoms with Gasteiger partial charge in [-0.2, -0.15) is 5.10 Å². The molecule has 1 aliphatic rings. The Kier molecular flexibility index (Phi) is 7.67. The van der Waals surface area contributed by atoms with Gasteiger partial charge in [0.05, 0.1) is 18.4 Å². The van der Waals surface area contributed by atoms with Crippen LogP contribution in [-0.4, -0.2) is 29.2 Å². The van der Waals surface area contributed by atoms with Crippen molar-refractivity contribution in [1.29, 1.82) is 0 Å². The predicted molar refractivity (Wildman–Crippen MR) is 167 cm³/mol. The van der Waals surface area contributed by atoms with Crippen LogP contribution in [-0.2, 0) is 12.8 Å². The summed E-state index contributed by atoms with van der Waals surface area (Å²) in [6.07, 6.45) is 5.73. The number of aromatic nitrogens is 1. The summed E-state index contributed by atoms with van der Waals surface area (Å²) in [7, 11) is 0. The number of para-hydroxylation sites is 1. The van der Waals surface area contributed by atoms with Crippen molar-refractivity contribution in [2.45, 2.75) is 46.5 Å². The Balaban J connectivity index is 1.25. The number of benzene rings is 2. The third-order valence-electron chi connectivity index (χ3n) is 7.48. The van der Waals surface area contributed by atoms with Gasteiger partial charge in [-0.1, -0.05) is 18.2 Å². The number of furan rings is 1. The molecule has 3 heterocycles. The topological polar surface area (TPSA) is 97.9 Å². The maximum Gasteiger partial charge on any atom is 0.307 e. The van der Waals surface area contributed by atoms with Crippen LogP contribution in [0.25, 0.3) is 16.0 Å². The van der Waals surface area contributed by atoms with E-state index in [4.69, 9.17) is 9.15 Å². The van der Waals surface area contributed by atoms with Crippen molar-refractivity contribution in [1.82, 2.24) is 9.99 Å². The molecule has 9 heteroatoms. The number of aryl methyl sites for hydroxylation is 2. The Bertz CT molecular complexity index is 1810. The summed E-state index contributed by atoms with van der Waals surface area (Å²) in [5.41, 5.74) is 8.61. The van der Waals surface area contributed by atoms with Crippen LogP contribution in [0.3, 0.4) is 0 Å². The van der Waals surface area contributed by atoms with E-state index < -0.39 is 5.91 Å². The molecule has 42 heavy (non-hydrogen) atoms. The number of fused-ring (bicyclic) bond motifs is 2. The van der Waals surface area contributed by atoms with Gasteiger partial charge in [0.2, 0.25) is 0 Å². The third kappa shape index (κ3) is 5.35. The van der Waals surface area contributed by atoms with Crippen LogP contribution in [0.5, 0.6) is 5.75 Å². The van der Waals surface area contributed by atoms with E-state index in [1.54, 1.807) is 29.7 Å². The van der Waals surface area contributed by atoms with E-state index in [1.165, 1.54) is 4.88 Å². The van der Waals surface area contributed by atoms with Crippen LogP contribution < -0.4 is 15.5 Å². The highest BCUT2D eigenvalue weighted by Crippen LogP contribution is 2.39. The van der Waals surface area contributed by atoms with Crippen molar-refractivity contribution in [2.75, 3.05) is 11.9 Å². The fourth-order valence-electron chi connectivity index (χ4n) is 5.49. The Morgan fingerprint density at radius 3 is 2.67 bits per heavy atom. The van der Waals surface area contributed by atoms with Gasteiger partial charge in [0, 0.05) is 32.9 Å². The van der Waals surface area contributed by atoms with Gasteiger partial charge in [-0.3, -0.25) is 9.59 Å². The average molecular weight is 581 g/mol. The number of thiophene rings is 1. The number of carbonyl (C=O) groups excluding carboxylic acids is 2. The van der Waals surface area contributed by atoms with E-state index in [2.05, 4.69) is 20.4 Å². The molecule has 2 amide bonds. The van der Waals surface area contributed by atoms with Crippen molar-refractivity contribution in [3.05, 3.63) is 99.4 Å². The molecule has 0 saturated heterocycles. The first-order valence-corrected chi connectivity index (χ1v) is 14.9. The molecule has 6 rings (SSSR count). The van der Waals surface area contributed by atoms with Crippen LogP contribution in [0.4, 0.5) is 5.69 Å². The van der Waals surface area contributed by atoms with E-state index in [0.717, 1.165) is 75.6 Å². The monoisotopic (exact) mass is 580 g/mol. The van der Waals surface area contributed by atoms with E-state index in [1.807, 2.05) is 69.3 Å². The molecule has 0 spiro atoms. The minimum atomic E-state index is -0.444. The zero-order valence-electron chi connectivity index (χ0n) is 23.8. The van der Waals surface area contributed by atoms with Crippen LogP contribution in [0, 0.1) is 13.8 Å². The lowest BCUT2D eigenvalue weighted by Gasteiger charge is -2.14. The lowest BCUT2D eigenvalue weighted by Crippen LogP contribution is -2.17. The van der Waals surface area contributed by atoms with E-state index in [-0.39, 0.29) is 11.7 Å². The molecule has 0 aliphatic heterocycles. The lowest BCUT2D eigenvalue weighted by molar-refractivity contribution is 0.0929. The number of carbonyl (C=O) groups is 2. The first-order chi connectivity index (χ1) is 20.4. The van der Waals surface area contributed by atoms with Gasteiger partial charge in [0.25, 0.3) is 5.91 Å². The molecule has 1 aliphatic carbocycles. The number of hydrogen-bond acceptors (Lipinski definition) is 6. The largest absolute Gasteiger partial charge is 0.494 e. The highest BCUT2D eigenvalue weighted by atomic mass is 32.1. The predicted octanol–water partition coefficient (Wildman–Crippen LogP) is 7.20. The number of anilines is 1. The van der Waals surface area contributed by atoms with Crippen LogP contribution in [0.15, 0.2) is 70.2 Å². The fourth-order valence-corrected chi connectivity index (χ4v) is 6.99. The molecular weight excluding hydrogens is 548 g/mol. The van der Waals surface area contributed by atoms with Gasteiger partial charge in [0.15, 0.2) is 5.76 Å². The zero-order valence-corrected chi connectivity index (χ0v) is 24.6. The summed E-state index contributed by atoms with van der Waals surface area (Å²) in [5.74, 6) is 0.350. The van der Waals surface area contributed by atoms with Crippen molar-refractivity contribution < 1.29 is 18.7 Å². The van der Waals surface area contributed by atoms with Crippen LogP contribution >= 0.6 is 11.3 Å². The Morgan fingerprint density at radius 1 is 1.05 bits per heavy atom.